The number of piperazine rings is 1. The van der Waals surface area contributed by atoms with Crippen LogP contribution >= 0.6 is 0 Å². The number of nitrogens with one attached hydrogen (secondary N) is 1. The van der Waals surface area contributed by atoms with Crippen LogP contribution in [0.25, 0.3) is 0 Å². The summed E-state index contributed by atoms with van der Waals surface area (Å²) in [6.07, 6.45) is -3.07. The van der Waals surface area contributed by atoms with Crippen LogP contribution in [0.2, 0.25) is 0 Å². The lowest BCUT2D eigenvalue weighted by molar-refractivity contribution is -0.154. The number of amides is 2. The number of urea groups is 1. The van der Waals surface area contributed by atoms with Crippen LogP contribution in [-0.4, -0.2) is 59.8 Å². The molecule has 0 atom stereocenters. The van der Waals surface area contributed by atoms with Crippen LogP contribution in [0.3, 0.4) is 0 Å². The third-order valence-electron chi connectivity index (χ3n) is 4.54. The van der Waals surface area contributed by atoms with E-state index in [2.05, 4.69) is 32.1 Å². The fraction of sp³-hybridized carbons (Fsp3) is 0.400. The van der Waals surface area contributed by atoms with E-state index < -0.39 is 12.8 Å². The van der Waals surface area contributed by atoms with Gasteiger partial charge >= 0.3 is 12.2 Å². The normalized spacial score (nSPS) is 15.2. The number of ether oxygens (including phenoxy) is 1. The lowest BCUT2D eigenvalue weighted by atomic mass is 10.2. The maximum absolute atomic E-state index is 12.4. The van der Waals surface area contributed by atoms with E-state index in [-0.39, 0.29) is 18.5 Å². The molecule has 9 heteroatoms. The van der Waals surface area contributed by atoms with E-state index in [1.807, 2.05) is 18.2 Å². The number of hydrogen-bond donors (Lipinski definition) is 1. The van der Waals surface area contributed by atoms with E-state index in [0.717, 1.165) is 19.6 Å². The second-order valence-electron chi connectivity index (χ2n) is 6.81. The maximum Gasteiger partial charge on any atom is 0.422 e. The van der Waals surface area contributed by atoms with Crippen LogP contribution in [0.15, 0.2) is 48.7 Å². The third kappa shape index (κ3) is 6.94. The topological polar surface area (TPSA) is 57.7 Å². The summed E-state index contributed by atoms with van der Waals surface area (Å²) in [6, 6.07) is 13.0. The molecule has 1 aromatic carbocycles. The summed E-state index contributed by atoms with van der Waals surface area (Å²) in [4.78, 5) is 20.2. The largest absolute Gasteiger partial charge is 0.468 e. The molecule has 29 heavy (non-hydrogen) atoms. The number of nitrogens with zero attached hydrogens (tertiary/aromatic N) is 3. The molecule has 1 aromatic heterocycles. The second kappa shape index (κ2) is 9.60. The Morgan fingerprint density at radius 1 is 1.07 bits per heavy atom. The first kappa shape index (κ1) is 20.9. The van der Waals surface area contributed by atoms with Gasteiger partial charge in [-0.2, -0.15) is 13.2 Å². The van der Waals surface area contributed by atoms with Gasteiger partial charge in [-0.15, -0.1) is 0 Å². The second-order valence-corrected chi connectivity index (χ2v) is 6.81. The molecule has 0 bridgehead atoms. The molecule has 0 saturated carbocycles. The fourth-order valence-electron chi connectivity index (χ4n) is 3.04. The van der Waals surface area contributed by atoms with Crippen LogP contribution in [0.5, 0.6) is 5.88 Å². The monoisotopic (exact) mass is 408 g/mol. The summed E-state index contributed by atoms with van der Waals surface area (Å²) >= 11 is 0. The highest BCUT2D eigenvalue weighted by Gasteiger charge is 2.28. The van der Waals surface area contributed by atoms with Crippen molar-refractivity contribution in [2.24, 2.45) is 0 Å². The number of benzene rings is 1. The number of carbonyl (C=O) groups excluding carboxylic acids is 1. The Hall–Kier alpha value is -2.81. The molecule has 3 rings (SSSR count). The van der Waals surface area contributed by atoms with Gasteiger partial charge in [0.05, 0.1) is 0 Å². The summed E-state index contributed by atoms with van der Waals surface area (Å²) < 4.78 is 41.3. The van der Waals surface area contributed by atoms with Crippen molar-refractivity contribution in [3.8, 4) is 5.88 Å². The fourth-order valence-corrected chi connectivity index (χ4v) is 3.04. The van der Waals surface area contributed by atoms with E-state index in [0.29, 0.717) is 18.7 Å². The highest BCUT2D eigenvalue weighted by Crippen LogP contribution is 2.17. The molecule has 1 aliphatic rings. The van der Waals surface area contributed by atoms with Gasteiger partial charge in [0.1, 0.15) is 0 Å². The molecule has 0 unspecified atom stereocenters. The Balaban J connectivity index is 1.42. The van der Waals surface area contributed by atoms with Crippen molar-refractivity contribution in [1.29, 1.82) is 0 Å². The molecule has 1 saturated heterocycles. The van der Waals surface area contributed by atoms with Gasteiger partial charge in [0.15, 0.2) is 6.61 Å². The van der Waals surface area contributed by atoms with E-state index in [9.17, 15) is 18.0 Å². The number of carbonyl (C=O) groups is 1. The molecule has 156 valence electrons. The van der Waals surface area contributed by atoms with E-state index in [1.165, 1.54) is 17.8 Å². The number of aromatic nitrogens is 1. The van der Waals surface area contributed by atoms with Gasteiger partial charge < -0.3 is 15.0 Å². The van der Waals surface area contributed by atoms with Gasteiger partial charge in [0.25, 0.3) is 0 Å². The zero-order valence-electron chi connectivity index (χ0n) is 15.9. The van der Waals surface area contributed by atoms with Crippen molar-refractivity contribution < 1.29 is 22.7 Å². The van der Waals surface area contributed by atoms with Crippen LogP contribution < -0.4 is 10.1 Å². The molecule has 2 aromatic rings. The third-order valence-corrected chi connectivity index (χ3v) is 4.54. The quantitative estimate of drug-likeness (QED) is 0.798. The first-order valence-corrected chi connectivity index (χ1v) is 9.32. The lowest BCUT2D eigenvalue weighted by Crippen LogP contribution is -2.51. The molecule has 1 fully saturated rings. The SMILES string of the molecule is O=C(NCc1ccnc(OCC(F)(F)F)c1)N1CCN(Cc2ccccc2)CC1. The van der Waals surface area contributed by atoms with Gasteiger partial charge in [0, 0.05) is 51.5 Å². The maximum atomic E-state index is 12.4. The number of hydrogen-bond acceptors (Lipinski definition) is 4. The Labute approximate surface area is 167 Å². The molecule has 2 heterocycles. The molecule has 0 spiro atoms. The molecule has 2 amide bonds. The summed E-state index contributed by atoms with van der Waals surface area (Å²) in [5.74, 6) is -0.122. The zero-order valence-corrected chi connectivity index (χ0v) is 15.9. The van der Waals surface area contributed by atoms with Crippen molar-refractivity contribution >= 4 is 6.03 Å². The zero-order chi connectivity index (χ0) is 20.7. The van der Waals surface area contributed by atoms with Gasteiger partial charge in [-0.05, 0) is 17.2 Å². The number of pyridine rings is 1. The first-order chi connectivity index (χ1) is 13.9. The standard InChI is InChI=1S/C20H23F3N4O2/c21-20(22,23)15-29-18-12-17(6-7-24-18)13-25-19(28)27-10-8-26(9-11-27)14-16-4-2-1-3-5-16/h1-7,12H,8-11,13-15H2,(H,25,28). The van der Waals surface area contributed by atoms with Crippen molar-refractivity contribution in [3.05, 3.63) is 59.8 Å². The van der Waals surface area contributed by atoms with Gasteiger partial charge in [-0.3, -0.25) is 4.90 Å². The molecule has 1 aliphatic heterocycles. The lowest BCUT2D eigenvalue weighted by Gasteiger charge is -2.34. The molecule has 0 radical (unpaired) electrons. The summed E-state index contributed by atoms with van der Waals surface area (Å²) in [7, 11) is 0. The minimum atomic E-state index is -4.42. The highest BCUT2D eigenvalue weighted by molar-refractivity contribution is 5.74. The van der Waals surface area contributed by atoms with Crippen molar-refractivity contribution in [2.75, 3.05) is 32.8 Å². The van der Waals surface area contributed by atoms with E-state index >= 15 is 0 Å². The predicted molar refractivity (Wildman–Crippen MR) is 101 cm³/mol. The predicted octanol–water partition coefficient (Wildman–Crippen LogP) is 3.05. The minimum absolute atomic E-state index is 0.122. The Morgan fingerprint density at radius 2 is 1.79 bits per heavy atom. The highest BCUT2D eigenvalue weighted by atomic mass is 19.4. The number of halogens is 3. The Bertz CT molecular complexity index is 794. The average Bonchev–Trinajstić information content (AvgIpc) is 2.72. The van der Waals surface area contributed by atoms with E-state index in [4.69, 9.17) is 0 Å². The van der Waals surface area contributed by atoms with Crippen molar-refractivity contribution in [1.82, 2.24) is 20.1 Å². The Kier molecular flexibility index (Phi) is 6.92. The molecule has 6 nitrogen and oxygen atoms in total. The minimum Gasteiger partial charge on any atom is -0.468 e. The molecular weight excluding hydrogens is 385 g/mol. The summed E-state index contributed by atoms with van der Waals surface area (Å²) in [6.45, 7) is 2.45. The van der Waals surface area contributed by atoms with Crippen molar-refractivity contribution in [3.63, 3.8) is 0 Å². The van der Waals surface area contributed by atoms with Gasteiger partial charge in [-0.1, -0.05) is 30.3 Å². The van der Waals surface area contributed by atoms with E-state index in [1.54, 1.807) is 11.0 Å². The Morgan fingerprint density at radius 3 is 2.48 bits per heavy atom. The number of alkyl halides is 3. The van der Waals surface area contributed by atoms with Crippen LogP contribution in [0.4, 0.5) is 18.0 Å². The number of rotatable bonds is 6. The molecule has 0 aliphatic carbocycles. The van der Waals surface area contributed by atoms with Gasteiger partial charge in [0.2, 0.25) is 5.88 Å². The summed E-state index contributed by atoms with van der Waals surface area (Å²) in [5, 5.41) is 2.80. The van der Waals surface area contributed by atoms with Crippen LogP contribution in [0.1, 0.15) is 11.1 Å². The first-order valence-electron chi connectivity index (χ1n) is 9.32. The summed E-state index contributed by atoms with van der Waals surface area (Å²) in [5.41, 5.74) is 1.86. The smallest absolute Gasteiger partial charge is 0.422 e. The van der Waals surface area contributed by atoms with Crippen molar-refractivity contribution in [2.45, 2.75) is 19.3 Å². The molecular formula is C20H23F3N4O2. The van der Waals surface area contributed by atoms with Crippen LogP contribution in [-0.2, 0) is 13.1 Å². The van der Waals surface area contributed by atoms with Gasteiger partial charge in [-0.25, -0.2) is 9.78 Å². The molecule has 1 N–H and O–H groups in total. The average molecular weight is 408 g/mol. The van der Waals surface area contributed by atoms with Crippen LogP contribution in [0, 0.1) is 0 Å².